The van der Waals surface area contributed by atoms with Crippen LogP contribution in [-0.4, -0.2) is 42.9 Å². The molecule has 0 radical (unpaired) electrons. The molecule has 1 fully saturated rings. The van der Waals surface area contributed by atoms with Crippen molar-refractivity contribution in [2.75, 3.05) is 18.6 Å². The summed E-state index contributed by atoms with van der Waals surface area (Å²) in [4.78, 5) is 6.38. The van der Waals surface area contributed by atoms with Crippen LogP contribution in [0.1, 0.15) is 11.4 Å². The van der Waals surface area contributed by atoms with E-state index in [-0.39, 0.29) is 6.04 Å². The van der Waals surface area contributed by atoms with Crippen molar-refractivity contribution in [3.05, 3.63) is 14.1 Å². The molecule has 2 heterocycles. The molecule has 1 unspecified atom stereocenters. The van der Waals surface area contributed by atoms with Crippen LogP contribution in [0.5, 0.6) is 0 Å². The topological polar surface area (TPSA) is 50.3 Å². The molecule has 0 bridgehead atoms. The third kappa shape index (κ3) is 3.14. The second kappa shape index (κ2) is 4.87. The maximum absolute atomic E-state index is 11.4. The summed E-state index contributed by atoms with van der Waals surface area (Å²) in [6.45, 7) is 0.744. The van der Waals surface area contributed by atoms with Gasteiger partial charge < -0.3 is 0 Å². The Bertz CT molecular complexity index is 472. The number of hydrogen-bond donors (Lipinski definition) is 0. The summed E-state index contributed by atoms with van der Waals surface area (Å²) in [7, 11) is -0.816. The first-order valence-electron chi connectivity index (χ1n) is 4.97. The summed E-state index contributed by atoms with van der Waals surface area (Å²) in [5, 5.41) is 1.05. The van der Waals surface area contributed by atoms with E-state index in [0.29, 0.717) is 11.5 Å². The minimum absolute atomic E-state index is 0.159. The van der Waals surface area contributed by atoms with Gasteiger partial charge in [-0.2, -0.15) is 0 Å². The van der Waals surface area contributed by atoms with E-state index in [4.69, 9.17) is 0 Å². The normalized spacial score (nSPS) is 24.1. The van der Waals surface area contributed by atoms with Gasteiger partial charge in [0, 0.05) is 6.04 Å². The number of hydrogen-bond acceptors (Lipinski definition) is 5. The van der Waals surface area contributed by atoms with Gasteiger partial charge in [0.25, 0.3) is 0 Å². The van der Waals surface area contributed by atoms with Crippen LogP contribution in [0, 0.1) is 2.88 Å². The van der Waals surface area contributed by atoms with Crippen LogP contribution >= 0.6 is 33.9 Å². The second-order valence-corrected chi connectivity index (χ2v) is 9.27. The summed E-state index contributed by atoms with van der Waals surface area (Å²) >= 11 is 3.90. The molecule has 16 heavy (non-hydrogen) atoms. The van der Waals surface area contributed by atoms with Gasteiger partial charge in [0.2, 0.25) is 0 Å². The number of rotatable bonds is 3. The van der Waals surface area contributed by atoms with Crippen LogP contribution in [0.25, 0.3) is 0 Å². The van der Waals surface area contributed by atoms with E-state index in [1.165, 1.54) is 2.88 Å². The lowest BCUT2D eigenvalue weighted by Gasteiger charge is -2.21. The molecule has 1 aliphatic heterocycles. The van der Waals surface area contributed by atoms with Crippen molar-refractivity contribution in [1.82, 2.24) is 9.88 Å². The van der Waals surface area contributed by atoms with Crippen LogP contribution in [0.15, 0.2) is 6.20 Å². The highest BCUT2D eigenvalue weighted by Gasteiger charge is 2.30. The van der Waals surface area contributed by atoms with Crippen molar-refractivity contribution in [3.63, 3.8) is 0 Å². The predicted molar refractivity (Wildman–Crippen MR) is 73.4 cm³/mol. The molecule has 2 rings (SSSR count). The van der Waals surface area contributed by atoms with Crippen molar-refractivity contribution in [2.24, 2.45) is 0 Å². The molecule has 1 aromatic heterocycles. The second-order valence-electron chi connectivity index (χ2n) is 4.03. The number of nitrogens with zero attached hydrogens (tertiary/aromatic N) is 2. The van der Waals surface area contributed by atoms with Gasteiger partial charge in [-0.05, 0) is 36.1 Å². The summed E-state index contributed by atoms with van der Waals surface area (Å²) < 4.78 is 23.9. The smallest absolute Gasteiger partial charge is 0.151 e. The highest BCUT2D eigenvalue weighted by atomic mass is 127. The maximum Gasteiger partial charge on any atom is 0.151 e. The Morgan fingerprint density at radius 1 is 1.69 bits per heavy atom. The number of thiazole rings is 1. The summed E-state index contributed by atoms with van der Waals surface area (Å²) in [5.74, 6) is 0.628. The molecule has 1 aromatic rings. The molecule has 0 saturated carbocycles. The molecule has 0 spiro atoms. The van der Waals surface area contributed by atoms with Gasteiger partial charge in [0.05, 0.1) is 27.1 Å². The zero-order chi connectivity index (χ0) is 11.8. The minimum Gasteiger partial charge on any atom is -0.296 e. The molecular weight excluding hydrogens is 359 g/mol. The van der Waals surface area contributed by atoms with Gasteiger partial charge in [-0.25, -0.2) is 13.4 Å². The first kappa shape index (κ1) is 12.7. The van der Waals surface area contributed by atoms with Crippen LogP contribution < -0.4 is 0 Å². The van der Waals surface area contributed by atoms with E-state index < -0.39 is 9.84 Å². The summed E-state index contributed by atoms with van der Waals surface area (Å²) in [6.07, 6.45) is 2.60. The van der Waals surface area contributed by atoms with Crippen LogP contribution in [-0.2, 0) is 16.4 Å². The SMILES string of the molecule is CN(Cc1ncc(I)s1)C1CCS(=O)(=O)C1. The van der Waals surface area contributed by atoms with Crippen LogP contribution in [0.3, 0.4) is 0 Å². The van der Waals surface area contributed by atoms with E-state index in [1.807, 2.05) is 13.2 Å². The first-order chi connectivity index (χ1) is 7.46. The summed E-state index contributed by atoms with van der Waals surface area (Å²) in [5.41, 5.74) is 0. The third-order valence-corrected chi connectivity index (χ3v) is 6.20. The Morgan fingerprint density at radius 2 is 2.44 bits per heavy atom. The van der Waals surface area contributed by atoms with E-state index in [0.717, 1.165) is 18.0 Å². The maximum atomic E-state index is 11.4. The molecule has 7 heteroatoms. The van der Waals surface area contributed by atoms with E-state index in [9.17, 15) is 8.42 Å². The molecule has 90 valence electrons. The van der Waals surface area contributed by atoms with E-state index in [2.05, 4.69) is 32.5 Å². The molecule has 1 atom stereocenters. The molecule has 0 aliphatic carbocycles. The highest BCUT2D eigenvalue weighted by Crippen LogP contribution is 2.21. The van der Waals surface area contributed by atoms with Gasteiger partial charge in [0.15, 0.2) is 9.84 Å². The standard InChI is InChI=1S/C9H13IN2O2S2/c1-12(5-9-11-4-8(10)15-9)7-2-3-16(13,14)6-7/h4,7H,2-3,5-6H2,1H3. The lowest BCUT2D eigenvalue weighted by atomic mass is 10.2. The Balaban J connectivity index is 1.96. The Morgan fingerprint density at radius 3 is 2.94 bits per heavy atom. The van der Waals surface area contributed by atoms with Gasteiger partial charge in [-0.15, -0.1) is 11.3 Å². The fourth-order valence-corrected chi connectivity index (χ4v) is 5.24. The molecular formula is C9H13IN2O2S2. The van der Waals surface area contributed by atoms with Crippen LogP contribution in [0.2, 0.25) is 0 Å². The van der Waals surface area contributed by atoms with Crippen molar-refractivity contribution in [3.8, 4) is 0 Å². The highest BCUT2D eigenvalue weighted by molar-refractivity contribution is 14.1. The van der Waals surface area contributed by atoms with E-state index >= 15 is 0 Å². The van der Waals surface area contributed by atoms with Gasteiger partial charge >= 0.3 is 0 Å². The van der Waals surface area contributed by atoms with E-state index in [1.54, 1.807) is 11.3 Å². The molecule has 1 aliphatic rings. The van der Waals surface area contributed by atoms with Crippen molar-refractivity contribution in [2.45, 2.75) is 19.0 Å². The zero-order valence-electron chi connectivity index (χ0n) is 8.89. The number of halogens is 1. The zero-order valence-corrected chi connectivity index (χ0v) is 12.7. The Hall–Kier alpha value is 0.270. The number of aromatic nitrogens is 1. The third-order valence-electron chi connectivity index (χ3n) is 2.74. The summed E-state index contributed by atoms with van der Waals surface area (Å²) in [6, 6.07) is 0.159. The van der Waals surface area contributed by atoms with Crippen molar-refractivity contribution < 1.29 is 8.42 Å². The number of sulfone groups is 1. The first-order valence-corrected chi connectivity index (χ1v) is 8.69. The molecule has 4 nitrogen and oxygen atoms in total. The fraction of sp³-hybridized carbons (Fsp3) is 0.667. The lowest BCUT2D eigenvalue weighted by molar-refractivity contribution is 0.253. The largest absolute Gasteiger partial charge is 0.296 e. The van der Waals surface area contributed by atoms with Crippen molar-refractivity contribution >= 4 is 43.8 Å². The Labute approximate surface area is 113 Å². The monoisotopic (exact) mass is 372 g/mol. The lowest BCUT2D eigenvalue weighted by Crippen LogP contribution is -2.32. The van der Waals surface area contributed by atoms with Gasteiger partial charge in [0.1, 0.15) is 5.01 Å². The molecule has 0 aromatic carbocycles. The molecule has 0 N–H and O–H groups in total. The van der Waals surface area contributed by atoms with Crippen molar-refractivity contribution in [1.29, 1.82) is 0 Å². The fourth-order valence-electron chi connectivity index (χ4n) is 1.83. The van der Waals surface area contributed by atoms with Crippen LogP contribution in [0.4, 0.5) is 0 Å². The van der Waals surface area contributed by atoms with Gasteiger partial charge in [-0.3, -0.25) is 4.90 Å². The van der Waals surface area contributed by atoms with Gasteiger partial charge in [-0.1, -0.05) is 0 Å². The Kier molecular flexibility index (Phi) is 3.87. The average molecular weight is 372 g/mol. The minimum atomic E-state index is -2.79. The molecule has 0 amide bonds. The molecule has 1 saturated heterocycles. The predicted octanol–water partition coefficient (Wildman–Crippen LogP) is 1.37. The quantitative estimate of drug-likeness (QED) is 0.753. The average Bonchev–Trinajstić information content (AvgIpc) is 2.72.